The van der Waals surface area contributed by atoms with Crippen molar-refractivity contribution in [3.63, 3.8) is 0 Å². The Morgan fingerprint density at radius 2 is 2.03 bits per heavy atom. The normalized spacial score (nSPS) is 20.7. The largest absolute Gasteiger partial charge is 0.395 e. The number of anilines is 2. The van der Waals surface area contributed by atoms with Crippen LogP contribution in [0.2, 0.25) is 10.0 Å². The number of piperidine rings is 1. The lowest BCUT2D eigenvalue weighted by molar-refractivity contribution is 0.101. The minimum absolute atomic E-state index is 0.0468. The molecule has 1 aromatic carbocycles. The summed E-state index contributed by atoms with van der Waals surface area (Å²) in [5, 5.41) is 27.1. The molecule has 2 aliphatic rings. The second kappa shape index (κ2) is 9.62. The van der Waals surface area contributed by atoms with Gasteiger partial charge in [0.05, 0.1) is 18.3 Å². The number of halogens is 2. The van der Waals surface area contributed by atoms with Crippen molar-refractivity contribution in [2.45, 2.75) is 25.8 Å². The Kier molecular flexibility index (Phi) is 6.60. The summed E-state index contributed by atoms with van der Waals surface area (Å²) in [5.41, 5.74) is 2.51. The second-order valence-electron chi connectivity index (χ2n) is 9.14. The molecule has 0 saturated carbocycles. The number of aromatic nitrogens is 4. The zero-order valence-electron chi connectivity index (χ0n) is 18.7. The Morgan fingerprint density at radius 3 is 2.82 bits per heavy atom. The Bertz CT molecular complexity index is 1120. The molecular weight excluding hydrogens is 461 g/mol. The molecule has 2 aromatic heterocycles. The fraction of sp³-hybridized carbons (Fsp3) is 0.522. The Balaban J connectivity index is 1.30. The number of fused-ring (bicyclic) bond motifs is 1. The van der Waals surface area contributed by atoms with E-state index in [2.05, 4.69) is 38.3 Å². The van der Waals surface area contributed by atoms with Crippen molar-refractivity contribution in [1.29, 1.82) is 0 Å². The van der Waals surface area contributed by atoms with Crippen molar-refractivity contribution < 1.29 is 5.11 Å². The molecule has 3 aromatic rings. The molecule has 0 radical (unpaired) electrons. The molecule has 8 nitrogen and oxygen atoms in total. The Hall–Kier alpha value is -2.13. The van der Waals surface area contributed by atoms with Gasteiger partial charge in [0.2, 0.25) is 5.65 Å². The van der Waals surface area contributed by atoms with Crippen LogP contribution in [0, 0.1) is 11.8 Å². The zero-order chi connectivity index (χ0) is 22.9. The van der Waals surface area contributed by atoms with E-state index in [4.69, 9.17) is 28.3 Å². The summed E-state index contributed by atoms with van der Waals surface area (Å²) in [7, 11) is 0. The van der Waals surface area contributed by atoms with Crippen LogP contribution in [-0.2, 0) is 0 Å². The number of nitrogens with one attached hydrogen (secondary N) is 1. The van der Waals surface area contributed by atoms with E-state index in [1.807, 2.05) is 12.1 Å². The predicted octanol–water partition coefficient (Wildman–Crippen LogP) is 3.74. The smallest absolute Gasteiger partial charge is 0.200 e. The molecule has 4 heterocycles. The van der Waals surface area contributed by atoms with Gasteiger partial charge in [-0.3, -0.25) is 0 Å². The van der Waals surface area contributed by atoms with E-state index < -0.39 is 0 Å². The molecule has 0 aliphatic carbocycles. The van der Waals surface area contributed by atoms with Crippen molar-refractivity contribution >= 4 is 40.4 Å². The first-order valence-electron chi connectivity index (χ1n) is 11.5. The van der Waals surface area contributed by atoms with Crippen molar-refractivity contribution in [2.24, 2.45) is 11.8 Å². The highest BCUT2D eigenvalue weighted by atomic mass is 35.5. The van der Waals surface area contributed by atoms with Crippen LogP contribution >= 0.6 is 23.2 Å². The molecule has 10 heteroatoms. The molecule has 2 saturated heterocycles. The van der Waals surface area contributed by atoms with Crippen LogP contribution in [0.15, 0.2) is 30.6 Å². The average molecular weight is 490 g/mol. The maximum atomic E-state index is 9.27. The topological polar surface area (TPSA) is 81.8 Å². The van der Waals surface area contributed by atoms with Crippen molar-refractivity contribution in [3.05, 3.63) is 46.2 Å². The van der Waals surface area contributed by atoms with Crippen molar-refractivity contribution in [3.8, 4) is 0 Å². The molecule has 2 unspecified atom stereocenters. The lowest BCUT2D eigenvalue weighted by atomic mass is 9.80. The zero-order valence-corrected chi connectivity index (χ0v) is 20.2. The minimum atomic E-state index is -0.0468. The van der Waals surface area contributed by atoms with E-state index in [1.54, 1.807) is 16.9 Å². The van der Waals surface area contributed by atoms with Crippen LogP contribution in [0.1, 0.15) is 31.4 Å². The van der Waals surface area contributed by atoms with Crippen molar-refractivity contribution in [1.82, 2.24) is 24.7 Å². The summed E-state index contributed by atoms with van der Waals surface area (Å²) in [6.45, 7) is 7.26. The van der Waals surface area contributed by atoms with Crippen LogP contribution in [0.5, 0.6) is 0 Å². The predicted molar refractivity (Wildman–Crippen MR) is 131 cm³/mol. The molecule has 2 N–H and O–H groups in total. The van der Waals surface area contributed by atoms with E-state index >= 15 is 0 Å². The lowest BCUT2D eigenvalue weighted by Gasteiger charge is -2.47. The summed E-state index contributed by atoms with van der Waals surface area (Å²) >= 11 is 12.5. The highest BCUT2D eigenvalue weighted by Crippen LogP contribution is 2.35. The van der Waals surface area contributed by atoms with E-state index in [1.165, 1.54) is 12.8 Å². The standard InChI is InChI=1S/C23H29Cl2N7O/c1-15(19-5-4-18(24)9-20(19)25)27-21-10-22(29-32-14-26-28-23(21)32)31-12-17(13-31)16-3-2-6-30(11-16)7-8-33/h4-5,9-10,14-17,27,33H,2-3,6-8,11-13H2,1H3. The van der Waals surface area contributed by atoms with Gasteiger partial charge in [-0.1, -0.05) is 29.3 Å². The van der Waals surface area contributed by atoms with Crippen molar-refractivity contribution in [2.75, 3.05) is 49.5 Å². The summed E-state index contributed by atoms with van der Waals surface area (Å²) in [6, 6.07) is 7.55. The van der Waals surface area contributed by atoms with Gasteiger partial charge in [0, 0.05) is 42.3 Å². The van der Waals surface area contributed by atoms with Gasteiger partial charge in [-0.15, -0.1) is 15.3 Å². The minimum Gasteiger partial charge on any atom is -0.395 e. The number of β-amino-alcohol motifs (C(OH)–C–C–N with tert-alkyl or cyclic N) is 1. The van der Waals surface area contributed by atoms with Crippen LogP contribution in [0.25, 0.3) is 5.65 Å². The molecule has 2 atom stereocenters. The number of likely N-dealkylation sites (tertiary alicyclic amines) is 1. The summed E-state index contributed by atoms with van der Waals surface area (Å²) < 4.78 is 1.73. The maximum Gasteiger partial charge on any atom is 0.200 e. The van der Waals surface area contributed by atoms with Gasteiger partial charge in [-0.05, 0) is 55.8 Å². The van der Waals surface area contributed by atoms with Gasteiger partial charge in [0.25, 0.3) is 0 Å². The van der Waals surface area contributed by atoms with E-state index in [9.17, 15) is 5.11 Å². The first-order valence-corrected chi connectivity index (χ1v) is 12.3. The molecule has 33 heavy (non-hydrogen) atoms. The summed E-state index contributed by atoms with van der Waals surface area (Å²) in [6.07, 6.45) is 4.12. The number of aliphatic hydroxyl groups is 1. The quantitative estimate of drug-likeness (QED) is 0.522. The second-order valence-corrected chi connectivity index (χ2v) is 9.98. The fourth-order valence-electron chi connectivity index (χ4n) is 5.06. The third-order valence-electron chi connectivity index (χ3n) is 6.91. The molecule has 0 amide bonds. The highest BCUT2D eigenvalue weighted by Gasteiger charge is 2.36. The van der Waals surface area contributed by atoms with Gasteiger partial charge in [-0.2, -0.15) is 4.52 Å². The number of hydrogen-bond acceptors (Lipinski definition) is 7. The monoisotopic (exact) mass is 489 g/mol. The molecule has 2 fully saturated rings. The summed E-state index contributed by atoms with van der Waals surface area (Å²) in [4.78, 5) is 4.71. The third kappa shape index (κ3) is 4.75. The molecular formula is C23H29Cl2N7O. The SMILES string of the molecule is CC(Nc1cc(N2CC(C3CCCN(CCO)C3)C2)nn2cnnc12)c1ccc(Cl)cc1Cl. The summed E-state index contributed by atoms with van der Waals surface area (Å²) in [5.74, 6) is 2.26. The van der Waals surface area contributed by atoms with Crippen LogP contribution in [0.3, 0.4) is 0 Å². The lowest BCUT2D eigenvalue weighted by Crippen LogP contribution is -2.54. The van der Waals surface area contributed by atoms with Gasteiger partial charge in [0.15, 0.2) is 5.82 Å². The first-order chi connectivity index (χ1) is 16.0. The van der Waals surface area contributed by atoms with E-state index in [0.717, 1.165) is 49.8 Å². The highest BCUT2D eigenvalue weighted by molar-refractivity contribution is 6.35. The average Bonchev–Trinajstić information content (AvgIpc) is 3.22. The first kappa shape index (κ1) is 22.7. The van der Waals surface area contributed by atoms with Gasteiger partial charge >= 0.3 is 0 Å². The third-order valence-corrected chi connectivity index (χ3v) is 7.48. The molecule has 176 valence electrons. The van der Waals surface area contributed by atoms with Crippen LogP contribution in [0.4, 0.5) is 11.5 Å². The number of hydrogen-bond donors (Lipinski definition) is 2. The maximum absolute atomic E-state index is 9.27. The molecule has 5 rings (SSSR count). The van der Waals surface area contributed by atoms with Gasteiger partial charge < -0.3 is 20.2 Å². The van der Waals surface area contributed by atoms with E-state index in [-0.39, 0.29) is 12.6 Å². The number of rotatable bonds is 7. The van der Waals surface area contributed by atoms with Crippen LogP contribution < -0.4 is 10.2 Å². The van der Waals surface area contributed by atoms with Gasteiger partial charge in [0.1, 0.15) is 6.33 Å². The number of nitrogens with zero attached hydrogens (tertiary/aromatic N) is 6. The number of benzene rings is 1. The molecule has 0 spiro atoms. The Morgan fingerprint density at radius 1 is 1.18 bits per heavy atom. The fourth-order valence-corrected chi connectivity index (χ4v) is 5.63. The molecule has 0 bridgehead atoms. The molecule has 2 aliphatic heterocycles. The number of aliphatic hydroxyl groups excluding tert-OH is 1. The van der Waals surface area contributed by atoms with Crippen LogP contribution in [-0.4, -0.2) is 69.1 Å². The van der Waals surface area contributed by atoms with E-state index in [0.29, 0.717) is 27.5 Å². The van der Waals surface area contributed by atoms with Gasteiger partial charge in [-0.25, -0.2) is 0 Å². The Labute approximate surface area is 203 Å².